The minimum absolute atomic E-state index is 0.0313. The first-order valence-electron chi connectivity index (χ1n) is 16.3. The Hall–Kier alpha value is -5.36. The van der Waals surface area contributed by atoms with Crippen molar-refractivity contribution in [3.05, 3.63) is 174 Å². The molecule has 0 spiro atoms. The molecule has 48 heavy (non-hydrogen) atoms. The lowest BCUT2D eigenvalue weighted by molar-refractivity contribution is 0.788. The standard InChI is InChI=1S/C43H29N3S2/c1-3-10-26(11-4-1)35-25-36(34-16-9-15-33-32-14-7-8-17-37(32)47-41(33)34)45-42(44-35)30-20-22-31-29(24-30)19-18-27-21-23-38-40(39(27)31)46-43(48-38)28-12-5-2-6-13-28/h1-25,36,43,46H,(H,44,45). The first kappa shape index (κ1) is 27.7. The highest BCUT2D eigenvalue weighted by molar-refractivity contribution is 8.00. The second-order valence-corrected chi connectivity index (χ2v) is 14.6. The molecule has 0 saturated carbocycles. The van der Waals surface area contributed by atoms with E-state index in [1.54, 1.807) is 0 Å². The van der Waals surface area contributed by atoms with Gasteiger partial charge in [0, 0.05) is 36.0 Å². The predicted molar refractivity (Wildman–Crippen MR) is 206 cm³/mol. The van der Waals surface area contributed by atoms with E-state index in [2.05, 4.69) is 162 Å². The first-order chi connectivity index (χ1) is 23.8. The average Bonchev–Trinajstić information content (AvgIpc) is 3.77. The normalized spacial score (nSPS) is 17.2. The van der Waals surface area contributed by atoms with Crippen molar-refractivity contribution in [2.24, 2.45) is 4.99 Å². The quantitative estimate of drug-likeness (QED) is 0.186. The Kier molecular flexibility index (Phi) is 6.42. The van der Waals surface area contributed by atoms with Gasteiger partial charge in [-0.3, -0.25) is 0 Å². The van der Waals surface area contributed by atoms with E-state index in [-0.39, 0.29) is 11.4 Å². The Balaban J connectivity index is 1.08. The molecule has 0 aliphatic carbocycles. The van der Waals surface area contributed by atoms with Crippen molar-refractivity contribution in [1.82, 2.24) is 5.32 Å². The zero-order valence-electron chi connectivity index (χ0n) is 25.9. The van der Waals surface area contributed by atoms with E-state index < -0.39 is 0 Å². The molecule has 5 heteroatoms. The van der Waals surface area contributed by atoms with Crippen molar-refractivity contribution >= 4 is 82.0 Å². The van der Waals surface area contributed by atoms with E-state index in [0.29, 0.717) is 0 Å². The zero-order chi connectivity index (χ0) is 31.6. The van der Waals surface area contributed by atoms with Gasteiger partial charge in [0.05, 0.1) is 17.4 Å². The highest BCUT2D eigenvalue weighted by Crippen LogP contribution is 2.50. The van der Waals surface area contributed by atoms with Gasteiger partial charge in [-0.25, -0.2) is 4.99 Å². The number of fused-ring (bicyclic) bond motifs is 8. The number of nitrogens with zero attached hydrogens (tertiary/aromatic N) is 1. The monoisotopic (exact) mass is 651 g/mol. The lowest BCUT2D eigenvalue weighted by atomic mass is 9.96. The summed E-state index contributed by atoms with van der Waals surface area (Å²) in [6, 6.07) is 52.4. The molecule has 0 radical (unpaired) electrons. The maximum Gasteiger partial charge on any atom is 0.134 e. The van der Waals surface area contributed by atoms with E-state index in [9.17, 15) is 0 Å². The number of anilines is 1. The summed E-state index contributed by atoms with van der Waals surface area (Å²) in [5.74, 6) is 0.887. The fourth-order valence-corrected chi connectivity index (χ4v) is 9.63. The highest BCUT2D eigenvalue weighted by atomic mass is 32.2. The van der Waals surface area contributed by atoms with Gasteiger partial charge in [0.2, 0.25) is 0 Å². The molecule has 3 nitrogen and oxygen atoms in total. The van der Waals surface area contributed by atoms with Gasteiger partial charge < -0.3 is 10.6 Å². The summed E-state index contributed by atoms with van der Waals surface area (Å²) in [4.78, 5) is 6.54. The summed E-state index contributed by atoms with van der Waals surface area (Å²) in [6.07, 6.45) is 2.28. The van der Waals surface area contributed by atoms with Crippen molar-refractivity contribution in [3.8, 4) is 0 Å². The molecule has 0 saturated heterocycles. The van der Waals surface area contributed by atoms with Crippen LogP contribution in [-0.2, 0) is 0 Å². The molecular weight excluding hydrogens is 623 g/mol. The van der Waals surface area contributed by atoms with Gasteiger partial charge in [-0.15, -0.1) is 11.3 Å². The summed E-state index contributed by atoms with van der Waals surface area (Å²) in [7, 11) is 0. The van der Waals surface area contributed by atoms with Gasteiger partial charge in [-0.05, 0) is 57.1 Å². The molecule has 10 rings (SSSR count). The van der Waals surface area contributed by atoms with Crippen molar-refractivity contribution in [2.45, 2.75) is 16.3 Å². The largest absolute Gasteiger partial charge is 0.368 e. The summed E-state index contributed by atoms with van der Waals surface area (Å²) in [5.41, 5.74) is 6.96. The molecular formula is C43H29N3S2. The SMILES string of the molecule is C1=C(c2ccccc2)N=C(c2ccc3c(ccc4ccc5c(c43)NC(c3ccccc3)S5)c2)NC1c1cccc2c1sc1ccccc12. The Labute approximate surface area is 286 Å². The summed E-state index contributed by atoms with van der Waals surface area (Å²) in [6.45, 7) is 0. The van der Waals surface area contributed by atoms with Crippen LogP contribution in [0.15, 0.2) is 162 Å². The van der Waals surface area contributed by atoms with Crippen LogP contribution in [0, 0.1) is 0 Å². The number of hydrogen-bond donors (Lipinski definition) is 2. The molecule has 0 bridgehead atoms. The fourth-order valence-electron chi connectivity index (χ4n) is 7.23. The maximum atomic E-state index is 5.25. The number of rotatable bonds is 4. The molecule has 2 N–H and O–H groups in total. The van der Waals surface area contributed by atoms with Gasteiger partial charge in [0.15, 0.2) is 0 Å². The van der Waals surface area contributed by atoms with Crippen LogP contribution in [0.5, 0.6) is 0 Å². The number of benzene rings is 7. The Morgan fingerprint density at radius 3 is 2.25 bits per heavy atom. The lowest BCUT2D eigenvalue weighted by Gasteiger charge is -2.25. The van der Waals surface area contributed by atoms with Crippen molar-refractivity contribution in [1.29, 1.82) is 0 Å². The molecule has 2 atom stereocenters. The van der Waals surface area contributed by atoms with Crippen LogP contribution >= 0.6 is 23.1 Å². The Morgan fingerprint density at radius 2 is 1.35 bits per heavy atom. The number of thiophene rings is 1. The molecule has 8 aromatic rings. The third-order valence-corrected chi connectivity index (χ3v) is 12.0. The lowest BCUT2D eigenvalue weighted by Crippen LogP contribution is -2.31. The maximum absolute atomic E-state index is 5.25. The fraction of sp³-hybridized carbons (Fsp3) is 0.0465. The van der Waals surface area contributed by atoms with Crippen molar-refractivity contribution in [3.63, 3.8) is 0 Å². The topological polar surface area (TPSA) is 36.4 Å². The second-order valence-electron chi connectivity index (χ2n) is 12.4. The average molecular weight is 652 g/mol. The van der Waals surface area contributed by atoms with Gasteiger partial charge in [-0.1, -0.05) is 139 Å². The number of amidine groups is 1. The van der Waals surface area contributed by atoms with Crippen LogP contribution in [0.4, 0.5) is 5.69 Å². The molecule has 2 unspecified atom stereocenters. The van der Waals surface area contributed by atoms with Crippen molar-refractivity contribution < 1.29 is 0 Å². The van der Waals surface area contributed by atoms with Crippen LogP contribution in [0.1, 0.15) is 33.7 Å². The number of thioether (sulfide) groups is 1. The molecule has 228 valence electrons. The Morgan fingerprint density at radius 1 is 0.583 bits per heavy atom. The molecule has 7 aromatic carbocycles. The molecule has 0 amide bonds. The van der Waals surface area contributed by atoms with E-state index in [1.165, 1.54) is 63.4 Å². The third kappa shape index (κ3) is 4.54. The van der Waals surface area contributed by atoms with Crippen LogP contribution in [0.2, 0.25) is 0 Å². The Bertz CT molecular complexity index is 2600. The van der Waals surface area contributed by atoms with Gasteiger partial charge in [0.25, 0.3) is 0 Å². The summed E-state index contributed by atoms with van der Waals surface area (Å²) >= 11 is 3.76. The van der Waals surface area contributed by atoms with Crippen LogP contribution in [0.25, 0.3) is 47.4 Å². The summed E-state index contributed by atoms with van der Waals surface area (Å²) in [5, 5.41) is 15.5. The van der Waals surface area contributed by atoms with Gasteiger partial charge >= 0.3 is 0 Å². The minimum atomic E-state index is -0.0313. The molecule has 0 fully saturated rings. The first-order valence-corrected chi connectivity index (χ1v) is 18.0. The minimum Gasteiger partial charge on any atom is -0.368 e. The molecule has 2 aliphatic rings. The zero-order valence-corrected chi connectivity index (χ0v) is 27.5. The van der Waals surface area contributed by atoms with Gasteiger partial charge in [0.1, 0.15) is 11.2 Å². The smallest absolute Gasteiger partial charge is 0.134 e. The predicted octanol–water partition coefficient (Wildman–Crippen LogP) is 11.7. The third-order valence-electron chi connectivity index (χ3n) is 9.55. The number of hydrogen-bond acceptors (Lipinski definition) is 5. The van der Waals surface area contributed by atoms with Crippen molar-refractivity contribution in [2.75, 3.05) is 5.32 Å². The van der Waals surface area contributed by atoms with Gasteiger partial charge in [-0.2, -0.15) is 0 Å². The highest BCUT2D eigenvalue weighted by Gasteiger charge is 2.26. The molecule has 1 aromatic heterocycles. The molecule has 3 heterocycles. The van der Waals surface area contributed by atoms with E-state index in [0.717, 1.165) is 22.7 Å². The molecule has 2 aliphatic heterocycles. The van der Waals surface area contributed by atoms with E-state index in [4.69, 9.17) is 4.99 Å². The second kappa shape index (κ2) is 11.1. The number of aliphatic imine (C=N–C) groups is 1. The van der Waals surface area contributed by atoms with Crippen LogP contribution in [-0.4, -0.2) is 5.84 Å². The summed E-state index contributed by atoms with van der Waals surface area (Å²) < 4.78 is 2.63. The number of nitrogens with one attached hydrogen (secondary N) is 2. The van der Waals surface area contributed by atoms with E-state index in [1.807, 2.05) is 23.1 Å². The van der Waals surface area contributed by atoms with Crippen LogP contribution < -0.4 is 10.6 Å². The van der Waals surface area contributed by atoms with Crippen LogP contribution in [0.3, 0.4) is 0 Å². The van der Waals surface area contributed by atoms with E-state index >= 15 is 0 Å².